The number of carbonyl (C=O) groups is 2. The maximum absolute atomic E-state index is 13.8. The van der Waals surface area contributed by atoms with E-state index in [-0.39, 0.29) is 41.2 Å². The fourth-order valence-electron chi connectivity index (χ4n) is 5.25. The van der Waals surface area contributed by atoms with Gasteiger partial charge >= 0.3 is 0 Å². The van der Waals surface area contributed by atoms with Gasteiger partial charge in [0.15, 0.2) is 0 Å². The van der Waals surface area contributed by atoms with Crippen molar-refractivity contribution in [1.82, 2.24) is 24.0 Å². The van der Waals surface area contributed by atoms with Crippen LogP contribution in [0.4, 0.5) is 0 Å². The molecule has 12 heteroatoms. The number of pyridine rings is 1. The van der Waals surface area contributed by atoms with Crippen LogP contribution < -0.4 is 0 Å². The fraction of sp³-hybridized carbons (Fsp3) is 0.182. The lowest BCUT2D eigenvalue weighted by molar-refractivity contribution is -0.141. The van der Waals surface area contributed by atoms with E-state index in [9.17, 15) is 23.3 Å². The number of hydrogen-bond acceptors (Lipinski definition) is 8. The van der Waals surface area contributed by atoms with Gasteiger partial charge in [0.05, 0.1) is 36.0 Å². The molecule has 2 aliphatic heterocycles. The van der Waals surface area contributed by atoms with Gasteiger partial charge < -0.3 is 4.74 Å². The molecule has 11 nitrogen and oxygen atoms in total. The van der Waals surface area contributed by atoms with Crippen LogP contribution >= 0.6 is 0 Å². The topological polar surface area (TPSA) is 138 Å². The quantitative estimate of drug-likeness (QED) is 0.225. The highest BCUT2D eigenvalue weighted by atomic mass is 32.2. The minimum atomic E-state index is -3.70. The largest absolute Gasteiger partial charge is 0.379 e. The van der Waals surface area contributed by atoms with E-state index in [1.54, 1.807) is 60.5 Å². The van der Waals surface area contributed by atoms with E-state index >= 15 is 0 Å². The Kier molecular flexibility index (Phi) is 8.23. The summed E-state index contributed by atoms with van der Waals surface area (Å²) in [6.45, 7) is 2.80. The molecule has 0 radical (unpaired) electrons. The summed E-state index contributed by atoms with van der Waals surface area (Å²) in [5.41, 5.74) is 3.36. The van der Waals surface area contributed by atoms with E-state index in [1.807, 2.05) is 36.4 Å². The molecule has 0 spiro atoms. The number of sulfonamides is 1. The molecule has 0 saturated carbocycles. The summed E-state index contributed by atoms with van der Waals surface area (Å²) in [7, 11) is -3.70. The van der Waals surface area contributed by atoms with E-state index in [0.29, 0.717) is 35.6 Å². The van der Waals surface area contributed by atoms with Crippen molar-refractivity contribution >= 4 is 27.9 Å². The third kappa shape index (κ3) is 5.84. The molecule has 0 aliphatic carbocycles. The van der Waals surface area contributed by atoms with Gasteiger partial charge in [-0.05, 0) is 54.5 Å². The standard InChI is InChI=1S/C33H28N6O5S/c1-23-29(32(40)38(33(41)30(23)19-34)21-24-6-5-13-35-20-24)18-26-22-39(27-7-3-2-4-8-27)36-31(26)25-9-11-28(12-10-25)45(42,43)37-14-16-44-17-15-37/h2-13,18,20,22H,14-17,21H2,1H3/b29-18+. The predicted octanol–water partition coefficient (Wildman–Crippen LogP) is 3.75. The molecule has 1 fully saturated rings. The van der Waals surface area contributed by atoms with Crippen molar-refractivity contribution in [2.45, 2.75) is 18.4 Å². The Bertz CT molecular complexity index is 1970. The number of rotatable bonds is 7. The van der Waals surface area contributed by atoms with Crippen LogP contribution in [0.15, 0.2) is 107 Å². The lowest BCUT2D eigenvalue weighted by atomic mass is 9.93. The molecule has 4 aromatic rings. The molecule has 0 N–H and O–H groups in total. The molecule has 226 valence electrons. The molecular weight excluding hydrogens is 592 g/mol. The molecule has 45 heavy (non-hydrogen) atoms. The molecule has 2 aromatic carbocycles. The highest BCUT2D eigenvalue weighted by Gasteiger charge is 2.36. The molecule has 2 aromatic heterocycles. The molecule has 4 heterocycles. The van der Waals surface area contributed by atoms with Crippen LogP contribution in [-0.4, -0.2) is 70.5 Å². The average Bonchev–Trinajstić information content (AvgIpc) is 3.50. The number of nitriles is 1. The van der Waals surface area contributed by atoms with E-state index in [4.69, 9.17) is 9.84 Å². The van der Waals surface area contributed by atoms with Gasteiger partial charge in [-0.2, -0.15) is 14.7 Å². The summed E-state index contributed by atoms with van der Waals surface area (Å²) in [5.74, 6) is -1.22. The zero-order valence-corrected chi connectivity index (χ0v) is 25.1. The second kappa shape index (κ2) is 12.4. The normalized spacial score (nSPS) is 17.2. The van der Waals surface area contributed by atoms with Gasteiger partial charge in [-0.1, -0.05) is 36.4 Å². The first-order chi connectivity index (χ1) is 21.8. The summed E-state index contributed by atoms with van der Waals surface area (Å²) in [6, 6.07) is 21.3. The maximum atomic E-state index is 13.8. The van der Waals surface area contributed by atoms with Crippen LogP contribution in [0.2, 0.25) is 0 Å². The Morgan fingerprint density at radius 3 is 2.38 bits per heavy atom. The molecule has 2 aliphatic rings. The zero-order valence-electron chi connectivity index (χ0n) is 24.3. The Hall–Kier alpha value is -5.22. The monoisotopic (exact) mass is 620 g/mol. The second-order valence-corrected chi connectivity index (χ2v) is 12.4. The van der Waals surface area contributed by atoms with E-state index in [1.165, 1.54) is 16.4 Å². The van der Waals surface area contributed by atoms with Crippen molar-refractivity contribution in [2.75, 3.05) is 26.3 Å². The number of para-hydroxylation sites is 1. The van der Waals surface area contributed by atoms with Gasteiger partial charge in [0.2, 0.25) is 10.0 Å². The summed E-state index contributed by atoms with van der Waals surface area (Å²) in [6.07, 6.45) is 6.53. The van der Waals surface area contributed by atoms with E-state index in [2.05, 4.69) is 4.98 Å². The van der Waals surface area contributed by atoms with Gasteiger partial charge in [-0.15, -0.1) is 0 Å². The first-order valence-corrected chi connectivity index (χ1v) is 15.6. The molecular formula is C33H28N6O5S. The highest BCUT2D eigenvalue weighted by Crippen LogP contribution is 2.32. The smallest absolute Gasteiger partial charge is 0.271 e. The van der Waals surface area contributed by atoms with Gasteiger partial charge in [0.1, 0.15) is 11.6 Å². The molecule has 6 rings (SSSR count). The number of hydrogen-bond donors (Lipinski definition) is 0. The summed E-state index contributed by atoms with van der Waals surface area (Å²) in [4.78, 5) is 32.3. The number of carbonyl (C=O) groups excluding carboxylic acids is 2. The van der Waals surface area contributed by atoms with Crippen LogP contribution in [0.25, 0.3) is 23.0 Å². The van der Waals surface area contributed by atoms with Crippen LogP contribution in [0, 0.1) is 11.3 Å². The SMILES string of the molecule is CC1=C(C#N)C(=O)N(Cc2cccnc2)C(=O)/C1=C/c1cn(-c2ccccc2)nc1-c1ccc(S(=O)(=O)N2CCOCC2)cc1. The van der Waals surface area contributed by atoms with Crippen molar-refractivity contribution in [3.8, 4) is 23.0 Å². The van der Waals surface area contributed by atoms with Gasteiger partial charge in [0.25, 0.3) is 11.8 Å². The number of morpholine rings is 1. The number of ether oxygens (including phenoxy) is 1. The molecule has 0 unspecified atom stereocenters. The summed E-state index contributed by atoms with van der Waals surface area (Å²) < 4.78 is 34.8. The number of imide groups is 1. The third-order valence-corrected chi connectivity index (χ3v) is 9.60. The Morgan fingerprint density at radius 2 is 1.71 bits per heavy atom. The lowest BCUT2D eigenvalue weighted by Gasteiger charge is -2.27. The summed E-state index contributed by atoms with van der Waals surface area (Å²) >= 11 is 0. The lowest BCUT2D eigenvalue weighted by Crippen LogP contribution is -2.42. The second-order valence-electron chi connectivity index (χ2n) is 10.5. The van der Waals surface area contributed by atoms with Gasteiger partial charge in [-0.3, -0.25) is 19.5 Å². The maximum Gasteiger partial charge on any atom is 0.271 e. The fourth-order valence-corrected chi connectivity index (χ4v) is 6.66. The van der Waals surface area contributed by atoms with Crippen molar-refractivity contribution < 1.29 is 22.7 Å². The van der Waals surface area contributed by atoms with Crippen LogP contribution in [0.3, 0.4) is 0 Å². The highest BCUT2D eigenvalue weighted by molar-refractivity contribution is 7.89. The number of benzene rings is 2. The van der Waals surface area contributed by atoms with Gasteiger partial charge in [0, 0.05) is 48.4 Å². The van der Waals surface area contributed by atoms with Crippen LogP contribution in [0.1, 0.15) is 18.1 Å². The zero-order chi connectivity index (χ0) is 31.6. The number of aromatic nitrogens is 3. The third-order valence-electron chi connectivity index (χ3n) is 7.69. The molecule has 0 atom stereocenters. The first kappa shape index (κ1) is 29.8. The minimum Gasteiger partial charge on any atom is -0.379 e. The summed E-state index contributed by atoms with van der Waals surface area (Å²) in [5, 5.41) is 14.7. The van der Waals surface area contributed by atoms with Crippen molar-refractivity contribution in [3.63, 3.8) is 0 Å². The number of nitrogens with zero attached hydrogens (tertiary/aromatic N) is 6. The van der Waals surface area contributed by atoms with E-state index in [0.717, 1.165) is 10.6 Å². The van der Waals surface area contributed by atoms with Crippen molar-refractivity contribution in [1.29, 1.82) is 5.26 Å². The molecule has 1 saturated heterocycles. The Balaban J connectivity index is 1.43. The van der Waals surface area contributed by atoms with Crippen molar-refractivity contribution in [2.24, 2.45) is 0 Å². The number of amides is 2. The Morgan fingerprint density at radius 1 is 0.978 bits per heavy atom. The predicted molar refractivity (Wildman–Crippen MR) is 165 cm³/mol. The van der Waals surface area contributed by atoms with Crippen LogP contribution in [0.5, 0.6) is 0 Å². The first-order valence-electron chi connectivity index (χ1n) is 14.2. The van der Waals surface area contributed by atoms with Crippen LogP contribution in [-0.2, 0) is 30.9 Å². The Labute approximate surface area is 260 Å². The van der Waals surface area contributed by atoms with Gasteiger partial charge in [-0.25, -0.2) is 13.1 Å². The molecule has 2 amide bonds. The average molecular weight is 621 g/mol. The minimum absolute atomic E-state index is 0.0451. The molecule has 0 bridgehead atoms. The van der Waals surface area contributed by atoms with E-state index < -0.39 is 21.8 Å². The van der Waals surface area contributed by atoms with Crippen molar-refractivity contribution in [3.05, 3.63) is 113 Å².